The van der Waals surface area contributed by atoms with Crippen LogP contribution in [0.4, 0.5) is 5.69 Å². The first kappa shape index (κ1) is 15.8. The van der Waals surface area contributed by atoms with E-state index in [0.29, 0.717) is 6.61 Å². The van der Waals surface area contributed by atoms with Crippen LogP contribution in [0.2, 0.25) is 0 Å². The van der Waals surface area contributed by atoms with E-state index in [1.807, 2.05) is 61.7 Å². The molecule has 114 valence electrons. The van der Waals surface area contributed by atoms with Crippen molar-refractivity contribution in [3.63, 3.8) is 0 Å². The average molecular weight is 294 g/mol. The van der Waals surface area contributed by atoms with Crippen molar-refractivity contribution in [2.75, 3.05) is 18.5 Å². The number of hydrogen-bond acceptors (Lipinski definition) is 3. The number of ether oxygens (including phenoxy) is 1. The Balaban J connectivity index is 1.95. The van der Waals surface area contributed by atoms with Crippen LogP contribution in [0.3, 0.4) is 0 Å². The van der Waals surface area contributed by atoms with Gasteiger partial charge in [0.2, 0.25) is 5.90 Å². The minimum absolute atomic E-state index is 0.193. The smallest absolute Gasteiger partial charge is 0.213 e. The summed E-state index contributed by atoms with van der Waals surface area (Å²) < 4.78 is 5.56. The molecule has 0 spiro atoms. The van der Waals surface area contributed by atoms with Gasteiger partial charge in [-0.3, -0.25) is 5.41 Å². The molecule has 0 fully saturated rings. The van der Waals surface area contributed by atoms with Crippen LogP contribution in [0.15, 0.2) is 55.1 Å². The molecule has 0 aliphatic rings. The normalized spacial score (nSPS) is 10.1. The number of rotatable bonds is 6. The fourth-order valence-corrected chi connectivity index (χ4v) is 2.04. The van der Waals surface area contributed by atoms with E-state index in [0.717, 1.165) is 28.9 Å². The molecule has 0 saturated carbocycles. The topological polar surface area (TPSA) is 36.3 Å². The molecule has 0 unspecified atom stereocenters. The first-order chi connectivity index (χ1) is 10.6. The first-order valence-electron chi connectivity index (χ1n) is 7.38. The highest BCUT2D eigenvalue weighted by atomic mass is 16.5. The maximum Gasteiger partial charge on any atom is 0.213 e. The molecule has 0 amide bonds. The summed E-state index contributed by atoms with van der Waals surface area (Å²) in [5, 5.41) is 8.03. The van der Waals surface area contributed by atoms with Gasteiger partial charge in [0.05, 0.1) is 0 Å². The molecular formula is C19H22N2O. The Hall–Kier alpha value is -2.55. The Morgan fingerprint density at radius 1 is 1.14 bits per heavy atom. The van der Waals surface area contributed by atoms with Crippen molar-refractivity contribution in [2.45, 2.75) is 13.5 Å². The zero-order valence-corrected chi connectivity index (χ0v) is 13.2. The maximum atomic E-state index is 8.03. The molecule has 3 heteroatoms. The van der Waals surface area contributed by atoms with Crippen LogP contribution in [0, 0.1) is 5.41 Å². The Morgan fingerprint density at radius 2 is 1.77 bits per heavy atom. The molecule has 2 aromatic carbocycles. The number of anilines is 1. The van der Waals surface area contributed by atoms with E-state index in [1.165, 1.54) is 0 Å². The Morgan fingerprint density at radius 3 is 2.32 bits per heavy atom. The van der Waals surface area contributed by atoms with E-state index in [-0.39, 0.29) is 5.90 Å². The SMILES string of the molecule is C=Cc1ccc(COC(=N)c2ccc(N(C)CC)cc2)cc1. The van der Waals surface area contributed by atoms with Crippen molar-refractivity contribution in [3.05, 3.63) is 71.8 Å². The van der Waals surface area contributed by atoms with Gasteiger partial charge >= 0.3 is 0 Å². The van der Waals surface area contributed by atoms with Crippen molar-refractivity contribution in [1.82, 2.24) is 0 Å². The molecule has 1 N–H and O–H groups in total. The van der Waals surface area contributed by atoms with E-state index >= 15 is 0 Å². The Kier molecular flexibility index (Phi) is 5.37. The average Bonchev–Trinajstić information content (AvgIpc) is 2.59. The van der Waals surface area contributed by atoms with Crippen molar-refractivity contribution in [1.29, 1.82) is 5.41 Å². The van der Waals surface area contributed by atoms with E-state index in [1.54, 1.807) is 0 Å². The second-order valence-corrected chi connectivity index (χ2v) is 5.12. The van der Waals surface area contributed by atoms with E-state index in [9.17, 15) is 0 Å². The first-order valence-corrected chi connectivity index (χ1v) is 7.38. The van der Waals surface area contributed by atoms with Crippen molar-refractivity contribution in [3.8, 4) is 0 Å². The maximum absolute atomic E-state index is 8.03. The summed E-state index contributed by atoms with van der Waals surface area (Å²) in [6, 6.07) is 15.8. The highest BCUT2D eigenvalue weighted by Crippen LogP contribution is 2.15. The lowest BCUT2D eigenvalue weighted by atomic mass is 10.1. The van der Waals surface area contributed by atoms with Crippen molar-refractivity contribution >= 4 is 17.7 Å². The van der Waals surface area contributed by atoms with Crippen LogP contribution in [0.5, 0.6) is 0 Å². The Labute approximate surface area is 132 Å². The molecule has 0 aliphatic carbocycles. The molecular weight excluding hydrogens is 272 g/mol. The Bertz CT molecular complexity index is 629. The molecule has 3 nitrogen and oxygen atoms in total. The van der Waals surface area contributed by atoms with Crippen LogP contribution in [-0.2, 0) is 11.3 Å². The fraction of sp³-hybridized carbons (Fsp3) is 0.211. The summed E-state index contributed by atoms with van der Waals surface area (Å²) in [6.45, 7) is 7.19. The van der Waals surface area contributed by atoms with Crippen LogP contribution < -0.4 is 4.90 Å². The number of nitrogens with zero attached hydrogens (tertiary/aromatic N) is 1. The van der Waals surface area contributed by atoms with E-state index < -0.39 is 0 Å². The predicted molar refractivity (Wildman–Crippen MR) is 93.5 cm³/mol. The predicted octanol–water partition coefficient (Wildman–Crippen LogP) is 4.33. The van der Waals surface area contributed by atoms with Crippen LogP contribution >= 0.6 is 0 Å². The van der Waals surface area contributed by atoms with Crippen LogP contribution in [0.25, 0.3) is 6.08 Å². The lowest BCUT2D eigenvalue weighted by molar-refractivity contribution is 0.291. The third kappa shape index (κ3) is 3.98. The third-order valence-electron chi connectivity index (χ3n) is 3.64. The number of hydrogen-bond donors (Lipinski definition) is 1. The second kappa shape index (κ2) is 7.46. The third-order valence-corrected chi connectivity index (χ3v) is 3.64. The van der Waals surface area contributed by atoms with E-state index in [2.05, 4.69) is 18.4 Å². The van der Waals surface area contributed by atoms with Crippen molar-refractivity contribution in [2.24, 2.45) is 0 Å². The highest BCUT2D eigenvalue weighted by molar-refractivity contribution is 5.91. The highest BCUT2D eigenvalue weighted by Gasteiger charge is 2.05. The molecule has 0 bridgehead atoms. The zero-order valence-electron chi connectivity index (χ0n) is 13.2. The van der Waals surface area contributed by atoms with Gasteiger partial charge in [0.15, 0.2) is 0 Å². The summed E-state index contributed by atoms with van der Waals surface area (Å²) in [5.74, 6) is 0.193. The summed E-state index contributed by atoms with van der Waals surface area (Å²) in [5.41, 5.74) is 4.04. The molecule has 0 heterocycles. The second-order valence-electron chi connectivity index (χ2n) is 5.12. The largest absolute Gasteiger partial charge is 0.473 e. The number of benzene rings is 2. The van der Waals surface area contributed by atoms with Crippen LogP contribution in [-0.4, -0.2) is 19.5 Å². The molecule has 2 rings (SSSR count). The summed E-state index contributed by atoms with van der Waals surface area (Å²) in [4.78, 5) is 2.15. The molecule has 2 aromatic rings. The number of nitrogens with one attached hydrogen (secondary N) is 1. The lowest BCUT2D eigenvalue weighted by Gasteiger charge is -2.17. The van der Waals surface area contributed by atoms with Gasteiger partial charge in [-0.1, -0.05) is 36.9 Å². The molecule has 0 atom stereocenters. The monoisotopic (exact) mass is 294 g/mol. The standard InChI is InChI=1S/C19H22N2O/c1-4-15-6-8-16(9-7-15)14-22-19(20)17-10-12-18(13-11-17)21(3)5-2/h4,6-13,20H,1,5,14H2,2-3H3. The zero-order chi connectivity index (χ0) is 15.9. The quantitative estimate of drug-likeness (QED) is 0.636. The minimum atomic E-state index is 0.193. The van der Waals surface area contributed by atoms with Gasteiger partial charge < -0.3 is 9.64 Å². The molecule has 0 saturated heterocycles. The van der Waals surface area contributed by atoms with Gasteiger partial charge in [0, 0.05) is 24.8 Å². The molecule has 22 heavy (non-hydrogen) atoms. The molecule has 0 aromatic heterocycles. The van der Waals surface area contributed by atoms with Gasteiger partial charge in [0.1, 0.15) is 6.61 Å². The van der Waals surface area contributed by atoms with Gasteiger partial charge in [-0.05, 0) is 42.3 Å². The minimum Gasteiger partial charge on any atom is -0.473 e. The lowest BCUT2D eigenvalue weighted by Crippen LogP contribution is -2.15. The summed E-state index contributed by atoms with van der Waals surface area (Å²) in [7, 11) is 2.05. The summed E-state index contributed by atoms with van der Waals surface area (Å²) in [6.07, 6.45) is 1.81. The van der Waals surface area contributed by atoms with Crippen LogP contribution in [0.1, 0.15) is 23.6 Å². The van der Waals surface area contributed by atoms with E-state index in [4.69, 9.17) is 10.1 Å². The molecule has 0 aliphatic heterocycles. The van der Waals surface area contributed by atoms with Gasteiger partial charge in [-0.25, -0.2) is 0 Å². The molecule has 0 radical (unpaired) electrons. The van der Waals surface area contributed by atoms with Crippen molar-refractivity contribution < 1.29 is 4.74 Å². The van der Waals surface area contributed by atoms with Gasteiger partial charge in [0.25, 0.3) is 0 Å². The van der Waals surface area contributed by atoms with Gasteiger partial charge in [-0.2, -0.15) is 0 Å². The fourth-order valence-electron chi connectivity index (χ4n) is 2.04. The summed E-state index contributed by atoms with van der Waals surface area (Å²) >= 11 is 0. The van der Waals surface area contributed by atoms with Gasteiger partial charge in [-0.15, -0.1) is 0 Å².